The first-order chi connectivity index (χ1) is 45.2. The van der Waals surface area contributed by atoms with Crippen molar-refractivity contribution in [2.45, 2.75) is 55.5 Å². The number of nitrogens with one attached hydrogen (secondary N) is 6. The number of carbonyl (C=O) groups excluding carboxylic acids is 1. The molecule has 1 aliphatic carbocycles. The molecule has 1 aliphatic heterocycles. The number of nitrogens with two attached hydrogens (primary N) is 1. The van der Waals surface area contributed by atoms with E-state index in [1.807, 2.05) is 12.1 Å². The van der Waals surface area contributed by atoms with Crippen molar-refractivity contribution in [3.8, 4) is 11.6 Å². The van der Waals surface area contributed by atoms with Crippen LogP contribution in [0.15, 0.2) is 121 Å². The highest BCUT2D eigenvalue weighted by Crippen LogP contribution is 2.41. The standard InChI is InChI=1S/C23H25F3N5O2P.C20H24ClN6O4PS.C19H25ClN5O3P/c1-34(2,32)19-9-5-17(6-10-19)29-22-27-15-20(23(24,25)26)21(30-22)28-16-3-7-18(8-4-16)31-11-13-33-14-12-31;1-12(2)33(29,30)15-9-7-6-8-14(15)24-17-13(21)10-23-20(26-17)27-18-19(31-3)25-16(11-22-18)32(4,5)28;1-28-16-9-11(29(2,3)27)7-8-15(16)24-19-22-10-13(20)18(25-19)23-14-6-4-5-12(14)17(21)26/h3-10,15H,11-14H2,1-2H3,(H2,27,28,29,30);6-12H,1-5H3,(H2,22,23,24,26,27);7-10,12,14H,4-6H2,1-3H3,(H2,21,26)(H2,22,23,24,25). The van der Waals surface area contributed by atoms with Crippen LogP contribution in [0.3, 0.4) is 0 Å². The van der Waals surface area contributed by atoms with Crippen LogP contribution in [0.1, 0.15) is 38.7 Å². The Bertz CT molecular complexity index is 4340. The van der Waals surface area contributed by atoms with Crippen LogP contribution in [0.5, 0.6) is 11.6 Å². The summed E-state index contributed by atoms with van der Waals surface area (Å²) < 4.78 is 119. The maximum atomic E-state index is 13.6. The van der Waals surface area contributed by atoms with Gasteiger partial charge in [-0.05, 0) is 146 Å². The van der Waals surface area contributed by atoms with Gasteiger partial charge in [-0.1, -0.05) is 41.8 Å². The molecule has 5 heterocycles. The minimum absolute atomic E-state index is 0.00404. The maximum Gasteiger partial charge on any atom is 0.421 e. The number of aromatic nitrogens is 8. The summed E-state index contributed by atoms with van der Waals surface area (Å²) in [5, 5.41) is 19.2. The van der Waals surface area contributed by atoms with Gasteiger partial charge >= 0.3 is 6.18 Å². The van der Waals surface area contributed by atoms with Gasteiger partial charge in [0.25, 0.3) is 5.88 Å². The minimum Gasteiger partial charge on any atom is -0.495 e. The third-order valence-electron chi connectivity index (χ3n) is 14.9. The molecule has 2 unspecified atom stereocenters. The number of anilines is 12. The smallest absolute Gasteiger partial charge is 0.421 e. The van der Waals surface area contributed by atoms with Crippen molar-refractivity contribution in [1.82, 2.24) is 39.9 Å². The van der Waals surface area contributed by atoms with Crippen LogP contribution in [-0.4, -0.2) is 146 Å². The molecule has 34 heteroatoms. The highest BCUT2D eigenvalue weighted by molar-refractivity contribution is 7.92. The number of halogens is 5. The number of hydrogen-bond acceptors (Lipinski definition) is 24. The molecular formula is C62H74Cl2F3N16O9P3S. The van der Waals surface area contributed by atoms with Gasteiger partial charge in [0.05, 0.1) is 73.5 Å². The van der Waals surface area contributed by atoms with Crippen LogP contribution >= 0.6 is 44.6 Å². The summed E-state index contributed by atoms with van der Waals surface area (Å²) in [6, 6.07) is 25.6. The van der Waals surface area contributed by atoms with E-state index in [1.165, 1.54) is 31.8 Å². The summed E-state index contributed by atoms with van der Waals surface area (Å²) in [5.41, 5.74) is 7.83. The molecule has 1 amide bonds. The fraction of sp³-hybridized carbons (Fsp3) is 0.339. The fourth-order valence-corrected chi connectivity index (χ4v) is 13.5. The van der Waals surface area contributed by atoms with Gasteiger partial charge in [0, 0.05) is 53.0 Å². The Balaban J connectivity index is 0.000000185. The molecule has 2 atom stereocenters. The van der Waals surface area contributed by atoms with E-state index in [0.29, 0.717) is 69.2 Å². The van der Waals surface area contributed by atoms with E-state index in [0.717, 1.165) is 49.5 Å². The predicted octanol–water partition coefficient (Wildman–Crippen LogP) is 12.1. The van der Waals surface area contributed by atoms with E-state index < -0.39 is 48.3 Å². The molecule has 25 nitrogen and oxygen atoms in total. The number of methoxy groups -OCH3 is 2. The number of nitrogens with zero attached hydrogens (tertiary/aromatic N) is 9. The number of carbonyl (C=O) groups is 1. The van der Waals surface area contributed by atoms with Gasteiger partial charge in [-0.3, -0.25) is 4.79 Å². The number of alkyl halides is 3. The maximum absolute atomic E-state index is 13.6. The van der Waals surface area contributed by atoms with Crippen molar-refractivity contribution < 1.29 is 54.3 Å². The normalized spacial score (nSPS) is 15.1. The summed E-state index contributed by atoms with van der Waals surface area (Å²) in [6.07, 6.45) is 2.86. The topological polar surface area (TPSA) is 335 Å². The molecule has 0 bridgehead atoms. The fourth-order valence-electron chi connectivity index (χ4n) is 9.58. The van der Waals surface area contributed by atoms with Crippen LogP contribution in [0.4, 0.5) is 82.7 Å². The quantitative estimate of drug-likeness (QED) is 0.0329. The van der Waals surface area contributed by atoms with Crippen molar-refractivity contribution in [2.75, 3.05) is 117 Å². The van der Waals surface area contributed by atoms with Gasteiger partial charge in [0.2, 0.25) is 23.8 Å². The second-order valence-corrected chi connectivity index (χ2v) is 36.2. The van der Waals surface area contributed by atoms with Gasteiger partial charge in [-0.15, -0.1) is 0 Å². The number of hydrogen-bond donors (Lipinski definition) is 7. The van der Waals surface area contributed by atoms with Crippen LogP contribution in [0.25, 0.3) is 0 Å². The van der Waals surface area contributed by atoms with E-state index in [2.05, 4.69) is 76.7 Å². The first-order valence-electron chi connectivity index (χ1n) is 29.7. The molecule has 512 valence electrons. The molecule has 1 saturated heterocycles. The van der Waals surface area contributed by atoms with E-state index in [9.17, 15) is 40.1 Å². The summed E-state index contributed by atoms with van der Waals surface area (Å²) in [4.78, 5) is 47.4. The number of benzene rings is 4. The molecule has 1 saturated carbocycles. The van der Waals surface area contributed by atoms with Crippen molar-refractivity contribution >= 4 is 146 Å². The number of para-hydroxylation sites is 1. The lowest BCUT2D eigenvalue weighted by Crippen LogP contribution is -2.36. The molecule has 0 spiro atoms. The highest BCUT2D eigenvalue weighted by atomic mass is 35.5. The van der Waals surface area contributed by atoms with E-state index >= 15 is 0 Å². The van der Waals surface area contributed by atoms with E-state index in [4.69, 9.17) is 43.1 Å². The Labute approximate surface area is 564 Å². The summed E-state index contributed by atoms with van der Waals surface area (Å²) in [6.45, 7) is 16.0. The zero-order chi connectivity index (χ0) is 69.9. The summed E-state index contributed by atoms with van der Waals surface area (Å²) in [7, 11) is -8.04. The lowest BCUT2D eigenvalue weighted by atomic mass is 10.0. The number of amides is 1. The van der Waals surface area contributed by atoms with Gasteiger partial charge < -0.3 is 70.4 Å². The molecule has 96 heavy (non-hydrogen) atoms. The van der Waals surface area contributed by atoms with E-state index in [-0.39, 0.29) is 63.0 Å². The van der Waals surface area contributed by atoms with E-state index in [1.54, 1.807) is 134 Å². The zero-order valence-corrected chi connectivity index (χ0v) is 59.1. The molecule has 4 aromatic heterocycles. The summed E-state index contributed by atoms with van der Waals surface area (Å²) >= 11 is 12.5. The average molecular weight is 1440 g/mol. The monoisotopic (exact) mass is 1440 g/mol. The van der Waals surface area contributed by atoms with Crippen molar-refractivity contribution in [2.24, 2.45) is 11.7 Å². The Kier molecular flexibility index (Phi) is 24.1. The number of primary amides is 1. The third kappa shape index (κ3) is 19.5. The number of sulfone groups is 1. The number of rotatable bonds is 21. The number of morpholine rings is 1. The molecule has 10 rings (SSSR count). The Hall–Kier alpha value is -8.16. The number of ether oxygens (including phenoxy) is 3. The van der Waals surface area contributed by atoms with Gasteiger partial charge in [-0.2, -0.15) is 28.1 Å². The zero-order valence-electron chi connectivity index (χ0n) is 54.1. The van der Waals surface area contributed by atoms with Crippen molar-refractivity contribution in [1.29, 1.82) is 0 Å². The molecule has 8 aromatic rings. The van der Waals surface area contributed by atoms with Crippen LogP contribution in [0.2, 0.25) is 10.0 Å². The highest BCUT2D eigenvalue weighted by Gasteiger charge is 2.36. The molecule has 8 N–H and O–H groups in total. The Morgan fingerprint density at radius 1 is 0.646 bits per heavy atom. The summed E-state index contributed by atoms with van der Waals surface area (Å²) in [5.74, 6) is 1.00. The Morgan fingerprint density at radius 3 is 1.82 bits per heavy atom. The SMILES string of the molecule is COc1cc(P(C)(C)=O)ccc1Nc1ncc(Cl)c(NC2CCCC2C(N)=O)n1.COc1nc(P(C)(C)=O)cnc1Nc1ncc(Cl)c(Nc2ccccc2S(=O)(=O)C(C)C)n1.CP(C)(=O)c1ccc(Nc2ncc(C(F)(F)F)c(Nc3ccc(N4CCOCC4)cc3)n2)cc1. The molecule has 2 aliphatic rings. The minimum atomic E-state index is -4.63. The van der Waals surface area contributed by atoms with Crippen LogP contribution in [0, 0.1) is 5.92 Å². The van der Waals surface area contributed by atoms with Gasteiger partial charge in [0.15, 0.2) is 27.3 Å². The molecule has 2 fully saturated rings. The van der Waals surface area contributed by atoms with Gasteiger partial charge in [0.1, 0.15) is 54.0 Å². The molecule has 0 radical (unpaired) electrons. The largest absolute Gasteiger partial charge is 0.495 e. The van der Waals surface area contributed by atoms with Crippen molar-refractivity contribution in [3.05, 3.63) is 131 Å². The molecule has 4 aromatic carbocycles. The van der Waals surface area contributed by atoms with Gasteiger partial charge in [-0.25, -0.2) is 33.3 Å². The second-order valence-electron chi connectivity index (χ2n) is 23.4. The predicted molar refractivity (Wildman–Crippen MR) is 375 cm³/mol. The average Bonchev–Trinajstić information content (AvgIpc) is 0.846. The lowest BCUT2D eigenvalue weighted by molar-refractivity contribution is -0.137. The van der Waals surface area contributed by atoms with Crippen molar-refractivity contribution in [3.63, 3.8) is 0 Å². The third-order valence-corrected chi connectivity index (χ3v) is 22.0. The second kappa shape index (κ2) is 31.4. The Morgan fingerprint density at radius 2 is 1.22 bits per heavy atom. The van der Waals surface area contributed by atoms with Crippen LogP contribution in [-0.2, 0) is 39.2 Å². The first kappa shape index (κ1) is 73.6. The molecular weight excluding hydrogens is 1370 g/mol. The first-order valence-corrected chi connectivity index (χ1v) is 39.8. The lowest BCUT2D eigenvalue weighted by Gasteiger charge is -2.29. The van der Waals surface area contributed by atoms with Crippen LogP contribution < -0.4 is 68.1 Å².